The first-order chi connectivity index (χ1) is 9.86. The van der Waals surface area contributed by atoms with Gasteiger partial charge in [-0.25, -0.2) is 13.5 Å². The fourth-order valence-electron chi connectivity index (χ4n) is 1.92. The van der Waals surface area contributed by atoms with Crippen molar-refractivity contribution in [1.82, 2.24) is 9.78 Å². The second kappa shape index (κ2) is 5.88. The number of rotatable bonds is 3. The molecule has 0 fully saturated rings. The number of benzene rings is 1. The molecule has 1 heterocycles. The molecular weight excluding hydrogens is 350 g/mol. The van der Waals surface area contributed by atoms with Gasteiger partial charge >= 0.3 is 5.97 Å². The Balaban J connectivity index is 2.82. The molecule has 8 heteroatoms. The van der Waals surface area contributed by atoms with Gasteiger partial charge in [-0.3, -0.25) is 9.59 Å². The van der Waals surface area contributed by atoms with Crippen LogP contribution in [0.15, 0.2) is 21.4 Å². The van der Waals surface area contributed by atoms with Crippen LogP contribution < -0.4 is 5.56 Å². The number of hydrogen-bond donors (Lipinski definition) is 0. The number of methoxy groups -OCH3 is 1. The minimum Gasteiger partial charge on any atom is -0.468 e. The average molecular weight is 361 g/mol. The lowest BCUT2D eigenvalue weighted by atomic mass is 10.1. The van der Waals surface area contributed by atoms with Gasteiger partial charge in [-0.1, -0.05) is 0 Å². The Bertz CT molecular complexity index is 774. The molecule has 0 radical (unpaired) electrons. The zero-order valence-corrected chi connectivity index (χ0v) is 12.8. The quantitative estimate of drug-likeness (QED) is 0.789. The van der Waals surface area contributed by atoms with Gasteiger partial charge in [0.05, 0.1) is 22.4 Å². The first kappa shape index (κ1) is 15.6. The van der Waals surface area contributed by atoms with E-state index in [9.17, 15) is 18.4 Å². The maximum Gasteiger partial charge on any atom is 0.327 e. The lowest BCUT2D eigenvalue weighted by Gasteiger charge is -2.12. The molecule has 0 saturated carbocycles. The van der Waals surface area contributed by atoms with E-state index >= 15 is 0 Å². The lowest BCUT2D eigenvalue weighted by Crippen LogP contribution is -2.29. The molecule has 1 unspecified atom stereocenters. The highest BCUT2D eigenvalue weighted by atomic mass is 79.9. The van der Waals surface area contributed by atoms with Crippen molar-refractivity contribution < 1.29 is 18.3 Å². The van der Waals surface area contributed by atoms with Crippen LogP contribution in [0.25, 0.3) is 10.8 Å². The zero-order valence-electron chi connectivity index (χ0n) is 11.2. The molecule has 0 N–H and O–H groups in total. The van der Waals surface area contributed by atoms with E-state index < -0.39 is 30.1 Å². The standard InChI is InChI=1S/C13H11BrF2N2O3/c1-6(15)12-10-7(3-4-8(14)11(10)16)13(20)18(17-12)5-9(19)21-2/h3-4,6H,5H2,1-2H3. The Labute approximate surface area is 126 Å². The summed E-state index contributed by atoms with van der Waals surface area (Å²) in [4.78, 5) is 23.5. The second-order valence-electron chi connectivity index (χ2n) is 4.32. The number of aromatic nitrogens is 2. The molecule has 0 aliphatic rings. The molecule has 0 saturated heterocycles. The Morgan fingerprint density at radius 3 is 2.76 bits per heavy atom. The Hall–Kier alpha value is -1.83. The molecule has 2 rings (SSSR count). The fourth-order valence-corrected chi connectivity index (χ4v) is 2.25. The number of carbonyl (C=O) groups excluding carboxylic acids is 1. The zero-order chi connectivity index (χ0) is 15.7. The van der Waals surface area contributed by atoms with Gasteiger partial charge in [-0.15, -0.1) is 0 Å². The molecular formula is C13H11BrF2N2O3. The maximum absolute atomic E-state index is 14.2. The van der Waals surface area contributed by atoms with Crippen LogP contribution in [0.2, 0.25) is 0 Å². The first-order valence-electron chi connectivity index (χ1n) is 5.96. The number of halogens is 3. The van der Waals surface area contributed by atoms with E-state index in [1.54, 1.807) is 0 Å². The molecule has 1 aromatic heterocycles. The summed E-state index contributed by atoms with van der Waals surface area (Å²) in [5.74, 6) is -1.47. The largest absolute Gasteiger partial charge is 0.468 e. The van der Waals surface area contributed by atoms with E-state index in [-0.39, 0.29) is 20.9 Å². The van der Waals surface area contributed by atoms with Crippen LogP contribution in [0.3, 0.4) is 0 Å². The van der Waals surface area contributed by atoms with Gasteiger partial charge in [0.1, 0.15) is 24.2 Å². The summed E-state index contributed by atoms with van der Waals surface area (Å²) in [6, 6.07) is 2.69. The SMILES string of the molecule is COC(=O)Cn1nc(C(C)F)c2c(F)c(Br)ccc2c1=O. The molecule has 0 aliphatic heterocycles. The maximum atomic E-state index is 14.2. The molecule has 2 aromatic rings. The summed E-state index contributed by atoms with van der Waals surface area (Å²) in [5, 5.41) is 3.52. The number of ether oxygens (including phenoxy) is 1. The predicted molar refractivity (Wildman–Crippen MR) is 75.2 cm³/mol. The smallest absolute Gasteiger partial charge is 0.327 e. The van der Waals surface area contributed by atoms with Crippen molar-refractivity contribution in [2.45, 2.75) is 19.6 Å². The third-order valence-electron chi connectivity index (χ3n) is 2.93. The van der Waals surface area contributed by atoms with Crippen molar-refractivity contribution in [3.05, 3.63) is 38.5 Å². The van der Waals surface area contributed by atoms with Crippen molar-refractivity contribution in [1.29, 1.82) is 0 Å². The van der Waals surface area contributed by atoms with E-state index in [0.29, 0.717) is 0 Å². The Kier molecular flexibility index (Phi) is 4.36. The van der Waals surface area contributed by atoms with Gasteiger partial charge in [-0.2, -0.15) is 5.10 Å². The van der Waals surface area contributed by atoms with E-state index in [4.69, 9.17) is 0 Å². The summed E-state index contributed by atoms with van der Waals surface area (Å²) >= 11 is 2.99. The van der Waals surface area contributed by atoms with Crippen LogP contribution >= 0.6 is 15.9 Å². The number of carbonyl (C=O) groups is 1. The van der Waals surface area contributed by atoms with Crippen LogP contribution in [-0.4, -0.2) is 22.9 Å². The van der Waals surface area contributed by atoms with Gasteiger partial charge in [0.2, 0.25) is 0 Å². The van der Waals surface area contributed by atoms with Crippen LogP contribution in [-0.2, 0) is 16.1 Å². The number of esters is 1. The van der Waals surface area contributed by atoms with Gasteiger partial charge in [-0.05, 0) is 35.0 Å². The highest BCUT2D eigenvalue weighted by Gasteiger charge is 2.21. The van der Waals surface area contributed by atoms with Crippen molar-refractivity contribution in [2.24, 2.45) is 0 Å². The minimum absolute atomic E-state index is 0.0471. The second-order valence-corrected chi connectivity index (χ2v) is 5.18. The fraction of sp³-hybridized carbons (Fsp3) is 0.308. The summed E-state index contributed by atoms with van der Waals surface area (Å²) in [6.45, 7) is 0.706. The van der Waals surface area contributed by atoms with E-state index in [2.05, 4.69) is 25.8 Å². The van der Waals surface area contributed by atoms with Gasteiger partial charge in [0.25, 0.3) is 5.56 Å². The summed E-state index contributed by atoms with van der Waals surface area (Å²) < 4.78 is 33.2. The van der Waals surface area contributed by atoms with E-state index in [0.717, 1.165) is 11.8 Å². The topological polar surface area (TPSA) is 61.2 Å². The first-order valence-corrected chi connectivity index (χ1v) is 6.75. The van der Waals surface area contributed by atoms with Crippen LogP contribution in [0.5, 0.6) is 0 Å². The normalized spacial score (nSPS) is 12.4. The van der Waals surface area contributed by atoms with Crippen LogP contribution in [0.1, 0.15) is 18.8 Å². The Morgan fingerprint density at radius 2 is 2.19 bits per heavy atom. The average Bonchev–Trinajstić information content (AvgIpc) is 2.45. The summed E-state index contributed by atoms with van der Waals surface area (Å²) in [7, 11) is 1.16. The predicted octanol–water partition coefficient (Wildman–Crippen LogP) is 2.50. The highest BCUT2D eigenvalue weighted by molar-refractivity contribution is 9.10. The molecule has 112 valence electrons. The highest BCUT2D eigenvalue weighted by Crippen LogP contribution is 2.29. The van der Waals surface area contributed by atoms with E-state index in [1.807, 2.05) is 0 Å². The van der Waals surface area contributed by atoms with Crippen molar-refractivity contribution in [3.8, 4) is 0 Å². The van der Waals surface area contributed by atoms with Gasteiger partial charge in [0.15, 0.2) is 0 Å². The molecule has 1 aromatic carbocycles. The molecule has 0 amide bonds. The molecule has 1 atom stereocenters. The summed E-state index contributed by atoms with van der Waals surface area (Å²) in [6.07, 6.45) is -1.61. The van der Waals surface area contributed by atoms with Gasteiger partial charge < -0.3 is 4.74 Å². The van der Waals surface area contributed by atoms with Crippen molar-refractivity contribution in [3.63, 3.8) is 0 Å². The third-order valence-corrected chi connectivity index (χ3v) is 3.54. The van der Waals surface area contributed by atoms with Gasteiger partial charge in [0, 0.05) is 0 Å². The molecule has 0 bridgehead atoms. The van der Waals surface area contributed by atoms with Crippen LogP contribution in [0, 0.1) is 5.82 Å². The lowest BCUT2D eigenvalue weighted by molar-refractivity contribution is -0.141. The van der Waals surface area contributed by atoms with Crippen molar-refractivity contribution >= 4 is 32.7 Å². The van der Waals surface area contributed by atoms with E-state index in [1.165, 1.54) is 19.1 Å². The number of fused-ring (bicyclic) bond motifs is 1. The third kappa shape index (κ3) is 2.80. The molecule has 21 heavy (non-hydrogen) atoms. The van der Waals surface area contributed by atoms with Crippen molar-refractivity contribution in [2.75, 3.05) is 7.11 Å². The number of alkyl halides is 1. The number of hydrogen-bond acceptors (Lipinski definition) is 4. The number of nitrogens with zero attached hydrogens (tertiary/aromatic N) is 2. The molecule has 0 spiro atoms. The van der Waals surface area contributed by atoms with Crippen LogP contribution in [0.4, 0.5) is 8.78 Å². The summed E-state index contributed by atoms with van der Waals surface area (Å²) in [5.41, 5.74) is -0.932. The minimum atomic E-state index is -1.61. The monoisotopic (exact) mass is 360 g/mol. The molecule has 5 nitrogen and oxygen atoms in total. The Morgan fingerprint density at radius 1 is 1.52 bits per heavy atom. The molecule has 0 aliphatic carbocycles.